The highest BCUT2D eigenvalue weighted by molar-refractivity contribution is 6.71. The molecule has 2 N–H and O–H groups in total. The van der Waals surface area contributed by atoms with Crippen molar-refractivity contribution in [1.82, 2.24) is 4.90 Å². The van der Waals surface area contributed by atoms with Crippen molar-refractivity contribution in [3.63, 3.8) is 0 Å². The van der Waals surface area contributed by atoms with E-state index in [1.165, 1.54) is 0 Å². The molecule has 2 saturated heterocycles. The van der Waals surface area contributed by atoms with Gasteiger partial charge in [-0.3, -0.25) is 14.4 Å². The van der Waals surface area contributed by atoms with Gasteiger partial charge in [0.2, 0.25) is 11.8 Å². The molecule has 3 aliphatic heterocycles. The lowest BCUT2D eigenvalue weighted by molar-refractivity contribution is -0.149. The van der Waals surface area contributed by atoms with Crippen LogP contribution in [0.4, 0.5) is 11.4 Å². The normalized spacial score (nSPS) is 26.1. The van der Waals surface area contributed by atoms with Gasteiger partial charge in [-0.15, -0.1) is 0 Å². The van der Waals surface area contributed by atoms with Gasteiger partial charge in [0, 0.05) is 55.8 Å². The molecule has 2 fully saturated rings. The number of carbonyl (C=O) groups excluding carboxylic acids is 3. The Morgan fingerprint density at radius 1 is 1.15 bits per heavy atom. The lowest BCUT2D eigenvalue weighted by atomic mass is 9.82. The predicted octanol–water partition coefficient (Wildman–Crippen LogP) is 3.39. The highest BCUT2D eigenvalue weighted by Gasteiger charge is 2.66. The molecule has 0 bridgehead atoms. The molecule has 3 amide bonds. The van der Waals surface area contributed by atoms with Gasteiger partial charge < -0.3 is 29.3 Å². The third-order valence-corrected chi connectivity index (χ3v) is 11.6. The smallest absolute Gasteiger partial charge is 0.264 e. The van der Waals surface area contributed by atoms with Gasteiger partial charge >= 0.3 is 0 Å². The first-order valence-corrected chi connectivity index (χ1v) is 17.6. The molecular formula is C31H41N3O6Si. The molecule has 2 aromatic rings. The van der Waals surface area contributed by atoms with Crippen LogP contribution in [-0.2, 0) is 31.3 Å². The van der Waals surface area contributed by atoms with Crippen molar-refractivity contribution in [2.75, 3.05) is 36.5 Å². The Morgan fingerprint density at radius 3 is 2.54 bits per heavy atom. The van der Waals surface area contributed by atoms with E-state index >= 15 is 0 Å². The predicted molar refractivity (Wildman–Crippen MR) is 159 cm³/mol. The van der Waals surface area contributed by atoms with E-state index in [9.17, 15) is 24.3 Å². The Labute approximate surface area is 242 Å². The van der Waals surface area contributed by atoms with Crippen LogP contribution >= 0.6 is 0 Å². The summed E-state index contributed by atoms with van der Waals surface area (Å²) in [7, 11) is -1.23. The van der Waals surface area contributed by atoms with Crippen molar-refractivity contribution in [3.8, 4) is 0 Å². The Kier molecular flexibility index (Phi) is 8.13. The zero-order chi connectivity index (χ0) is 29.5. The lowest BCUT2D eigenvalue weighted by Crippen LogP contribution is -2.45. The number of aliphatic hydroxyl groups is 1. The largest absolute Gasteiger partial charge is 0.432 e. The van der Waals surface area contributed by atoms with Crippen molar-refractivity contribution >= 4 is 37.4 Å². The maximum absolute atomic E-state index is 14.1. The van der Waals surface area contributed by atoms with E-state index in [-0.39, 0.29) is 37.3 Å². The summed E-state index contributed by atoms with van der Waals surface area (Å²) in [5, 5.41) is 9.70. The number of hydrogen-bond acceptors (Lipinski definition) is 6. The number of anilines is 2. The summed E-state index contributed by atoms with van der Waals surface area (Å²) < 4.78 is 6.76. The first kappa shape index (κ1) is 29.4. The number of carbonyl (C=O) groups is 3. The molecule has 0 saturated carbocycles. The number of benzene rings is 2. The van der Waals surface area contributed by atoms with Crippen molar-refractivity contribution in [2.45, 2.75) is 69.5 Å². The van der Waals surface area contributed by atoms with Crippen LogP contribution in [0.5, 0.6) is 0 Å². The van der Waals surface area contributed by atoms with Crippen molar-refractivity contribution in [3.05, 3.63) is 59.7 Å². The minimum atomic E-state index is -2.95. The zero-order valence-electron chi connectivity index (χ0n) is 24.4. The van der Waals surface area contributed by atoms with Gasteiger partial charge in [0.1, 0.15) is 0 Å². The third kappa shape index (κ3) is 5.22. The zero-order valence-corrected chi connectivity index (χ0v) is 25.4. The van der Waals surface area contributed by atoms with Gasteiger partial charge in [-0.1, -0.05) is 37.3 Å². The summed E-state index contributed by atoms with van der Waals surface area (Å²) in [6, 6.07) is 15.2. The fourth-order valence-electron chi connectivity index (χ4n) is 7.14. The van der Waals surface area contributed by atoms with E-state index in [0.717, 1.165) is 24.1 Å². The van der Waals surface area contributed by atoms with Gasteiger partial charge in [0.15, 0.2) is 13.9 Å². The molecule has 3 heterocycles. The maximum atomic E-state index is 14.1. The number of hydrogen-bond donors (Lipinski definition) is 2. The number of aliphatic hydroxyl groups excluding tert-OH is 1. The van der Waals surface area contributed by atoms with Crippen LogP contribution in [0.1, 0.15) is 43.7 Å². The van der Waals surface area contributed by atoms with Crippen LogP contribution in [0.3, 0.4) is 0 Å². The van der Waals surface area contributed by atoms with E-state index in [1.807, 2.05) is 68.5 Å². The molecule has 0 aromatic heterocycles. The Balaban J connectivity index is 1.50. The van der Waals surface area contributed by atoms with Crippen LogP contribution in [0, 0.1) is 5.92 Å². The summed E-state index contributed by atoms with van der Waals surface area (Å²) in [4.78, 5) is 57.0. The molecule has 3 aliphatic rings. The molecule has 10 heteroatoms. The first-order valence-electron chi connectivity index (χ1n) is 14.5. The summed E-state index contributed by atoms with van der Waals surface area (Å²) in [5.74, 6) is -0.768. The van der Waals surface area contributed by atoms with Gasteiger partial charge in [0.25, 0.3) is 5.91 Å². The molecular weight excluding hydrogens is 538 g/mol. The number of piperidine rings is 1. The molecule has 2 aromatic carbocycles. The Hall–Kier alpha value is -3.05. The minimum absolute atomic E-state index is 0.0167. The summed E-state index contributed by atoms with van der Waals surface area (Å²) in [6.07, 6.45) is 1.58. The number of nitrogens with zero attached hydrogens (tertiary/aromatic N) is 3. The average molecular weight is 580 g/mol. The average Bonchev–Trinajstić information content (AvgIpc) is 3.35. The second-order valence-corrected chi connectivity index (χ2v) is 16.1. The number of likely N-dealkylation sites (N-methyl/N-ethyl adjacent to an activating group) is 1. The summed E-state index contributed by atoms with van der Waals surface area (Å²) in [5.41, 5.74) is 1.31. The van der Waals surface area contributed by atoms with Gasteiger partial charge in [-0.2, -0.15) is 0 Å². The van der Waals surface area contributed by atoms with E-state index in [0.29, 0.717) is 30.8 Å². The minimum Gasteiger partial charge on any atom is -0.432 e. The second kappa shape index (κ2) is 11.3. The van der Waals surface area contributed by atoms with Crippen LogP contribution in [0.25, 0.3) is 0 Å². The fraction of sp³-hybridized carbons (Fsp3) is 0.516. The van der Waals surface area contributed by atoms with Gasteiger partial charge in [-0.25, -0.2) is 0 Å². The molecule has 1 spiro atoms. The molecule has 220 valence electrons. The third-order valence-electron chi connectivity index (χ3n) is 9.05. The molecule has 0 radical (unpaired) electrons. The molecule has 0 aliphatic carbocycles. The van der Waals surface area contributed by atoms with Crippen LogP contribution in [-0.4, -0.2) is 73.7 Å². The SMILES string of the molecule is C[C@H]1[C@H]([Si](C)(C)O)[C@@H](CC(=O)N(CCO)Cc2ccccc2)O[C@]12C(=O)N(C)c1ccc(N3CCCCC3=O)cc12. The first-order chi connectivity index (χ1) is 19.5. The van der Waals surface area contributed by atoms with Crippen LogP contribution < -0.4 is 9.80 Å². The fourth-order valence-corrected chi connectivity index (χ4v) is 9.69. The molecule has 4 atom stereocenters. The number of rotatable bonds is 8. The monoisotopic (exact) mass is 579 g/mol. The lowest BCUT2D eigenvalue weighted by Gasteiger charge is -2.33. The summed E-state index contributed by atoms with van der Waals surface area (Å²) >= 11 is 0. The van der Waals surface area contributed by atoms with E-state index in [2.05, 4.69) is 0 Å². The number of fused-ring (bicyclic) bond motifs is 2. The molecule has 9 nitrogen and oxygen atoms in total. The number of amides is 3. The Bertz CT molecular complexity index is 1310. The van der Waals surface area contributed by atoms with Gasteiger partial charge in [-0.05, 0) is 49.7 Å². The highest BCUT2D eigenvalue weighted by Crippen LogP contribution is 2.59. The van der Waals surface area contributed by atoms with E-state index in [1.54, 1.807) is 21.7 Å². The number of ether oxygens (including phenoxy) is 1. The van der Waals surface area contributed by atoms with Gasteiger partial charge in [0.05, 0.1) is 24.8 Å². The van der Waals surface area contributed by atoms with E-state index in [4.69, 9.17) is 4.74 Å². The van der Waals surface area contributed by atoms with Crippen molar-refractivity contribution < 1.29 is 29.0 Å². The quantitative estimate of drug-likeness (QED) is 0.464. The topological polar surface area (TPSA) is 111 Å². The maximum Gasteiger partial charge on any atom is 0.264 e. The second-order valence-electron chi connectivity index (χ2n) is 12.2. The summed E-state index contributed by atoms with van der Waals surface area (Å²) in [6.45, 7) is 6.56. The molecule has 41 heavy (non-hydrogen) atoms. The standard InChI is InChI=1S/C31H41N3O6Si/c1-21-29(41(3,4)39)26(19-28(37)33(16-17-35)20-22-10-6-5-7-11-22)40-31(21)24-18-23(34-15-9-8-12-27(34)36)13-14-25(24)32(2)30(31)38/h5-7,10-11,13-14,18,21,26,29,35,39H,8-9,12,15-17,19-20H2,1-4H3/t21-,26+,29-,31+/m0/s1. The molecule has 0 unspecified atom stereocenters. The highest BCUT2D eigenvalue weighted by atomic mass is 28.4. The van der Waals surface area contributed by atoms with E-state index < -0.39 is 31.5 Å². The van der Waals surface area contributed by atoms with Crippen LogP contribution in [0.15, 0.2) is 48.5 Å². The van der Waals surface area contributed by atoms with Crippen LogP contribution in [0.2, 0.25) is 18.6 Å². The van der Waals surface area contributed by atoms with Crippen molar-refractivity contribution in [1.29, 1.82) is 0 Å². The molecule has 5 rings (SSSR count). The Morgan fingerprint density at radius 2 is 1.88 bits per heavy atom. The van der Waals surface area contributed by atoms with Crippen molar-refractivity contribution in [2.24, 2.45) is 5.92 Å².